The minimum Gasteiger partial charge on any atom is -0.396 e. The monoisotopic (exact) mass is 501 g/mol. The number of nitrogens with two attached hydrogens (primary N) is 1. The van der Waals surface area contributed by atoms with Gasteiger partial charge in [0, 0.05) is 25.6 Å². The first kappa shape index (κ1) is 28.8. The van der Waals surface area contributed by atoms with Crippen LogP contribution in [0.5, 0.6) is 0 Å². The minimum absolute atomic E-state index is 0.0649. The van der Waals surface area contributed by atoms with Gasteiger partial charge in [0.2, 0.25) is 5.95 Å². The van der Waals surface area contributed by atoms with Gasteiger partial charge in [0.1, 0.15) is 5.69 Å². The molecular formula is C23H44N5O5P. The molecule has 34 heavy (non-hydrogen) atoms. The molecule has 2 heterocycles. The predicted molar refractivity (Wildman–Crippen MR) is 137 cm³/mol. The number of rotatable bonds is 20. The van der Waals surface area contributed by atoms with E-state index in [9.17, 15) is 9.36 Å². The first-order valence-electron chi connectivity index (χ1n) is 12.8. The van der Waals surface area contributed by atoms with Crippen molar-refractivity contribution in [2.75, 3.05) is 56.7 Å². The molecule has 0 amide bonds. The van der Waals surface area contributed by atoms with Crippen molar-refractivity contribution in [2.45, 2.75) is 77.0 Å². The van der Waals surface area contributed by atoms with Gasteiger partial charge in [-0.15, -0.1) is 0 Å². The van der Waals surface area contributed by atoms with E-state index in [1.165, 1.54) is 25.7 Å². The van der Waals surface area contributed by atoms with Crippen LogP contribution in [0.4, 0.5) is 11.6 Å². The number of H-pyrrole nitrogens is 1. The molecule has 0 bridgehead atoms. The first-order valence-corrected chi connectivity index (χ1v) is 14.5. The number of hydrogen-bond donors (Lipinski definition) is 5. The van der Waals surface area contributed by atoms with Crippen LogP contribution in [-0.4, -0.2) is 60.7 Å². The number of aliphatic hydroxyl groups is 1. The zero-order chi connectivity index (χ0) is 24.7. The van der Waals surface area contributed by atoms with Gasteiger partial charge < -0.3 is 30.5 Å². The number of nitrogens with one attached hydrogen (secondary N) is 3. The molecule has 0 radical (unpaired) electrons. The summed E-state index contributed by atoms with van der Waals surface area (Å²) < 4.78 is 24.2. The van der Waals surface area contributed by atoms with E-state index in [0.29, 0.717) is 63.4 Å². The molecule has 10 nitrogen and oxygen atoms in total. The second-order valence-electron chi connectivity index (χ2n) is 8.84. The van der Waals surface area contributed by atoms with Crippen molar-refractivity contribution in [3.8, 4) is 0 Å². The molecule has 2 rings (SSSR count). The largest absolute Gasteiger partial charge is 0.396 e. The third-order valence-corrected chi connectivity index (χ3v) is 8.06. The van der Waals surface area contributed by atoms with Crippen LogP contribution in [0.2, 0.25) is 0 Å². The van der Waals surface area contributed by atoms with Crippen molar-refractivity contribution < 1.29 is 18.7 Å². The van der Waals surface area contributed by atoms with Crippen LogP contribution >= 0.6 is 7.60 Å². The van der Waals surface area contributed by atoms with Crippen LogP contribution in [0.25, 0.3) is 0 Å². The van der Waals surface area contributed by atoms with Gasteiger partial charge in [-0.25, -0.2) is 4.98 Å². The van der Waals surface area contributed by atoms with Crippen molar-refractivity contribution in [1.82, 2.24) is 15.3 Å². The molecule has 0 aromatic carbocycles. The predicted octanol–water partition coefficient (Wildman–Crippen LogP) is 3.59. The van der Waals surface area contributed by atoms with Gasteiger partial charge in [-0.2, -0.15) is 0 Å². The lowest BCUT2D eigenvalue weighted by atomic mass is 10.1. The van der Waals surface area contributed by atoms with Crippen LogP contribution in [0.1, 0.15) is 82.7 Å². The number of aromatic amines is 1. The molecule has 1 aromatic rings. The number of hydrogen-bond acceptors (Lipinski definition) is 9. The lowest BCUT2D eigenvalue weighted by Gasteiger charge is -2.18. The average molecular weight is 502 g/mol. The summed E-state index contributed by atoms with van der Waals surface area (Å²) in [6.07, 6.45) is 11.1. The van der Waals surface area contributed by atoms with Gasteiger partial charge in [0.05, 0.1) is 25.1 Å². The number of nitrogens with zero attached hydrogens (tertiary/aromatic N) is 1. The van der Waals surface area contributed by atoms with Crippen molar-refractivity contribution in [1.29, 1.82) is 0 Å². The molecule has 0 aliphatic carbocycles. The van der Waals surface area contributed by atoms with Gasteiger partial charge in [0.15, 0.2) is 0 Å². The summed E-state index contributed by atoms with van der Waals surface area (Å²) in [7, 11) is -3.08. The zero-order valence-corrected chi connectivity index (χ0v) is 21.5. The van der Waals surface area contributed by atoms with Crippen LogP contribution in [0.15, 0.2) is 4.79 Å². The highest BCUT2D eigenvalue weighted by molar-refractivity contribution is 7.53. The van der Waals surface area contributed by atoms with Crippen molar-refractivity contribution in [3.05, 3.63) is 16.0 Å². The first-order chi connectivity index (χ1) is 16.5. The summed E-state index contributed by atoms with van der Waals surface area (Å²) >= 11 is 0. The maximum Gasteiger partial charge on any atom is 0.330 e. The van der Waals surface area contributed by atoms with Gasteiger partial charge in [-0.1, -0.05) is 44.9 Å². The summed E-state index contributed by atoms with van der Waals surface area (Å²) in [5, 5.41) is 15.2. The number of anilines is 2. The Hall–Kier alpha value is -1.45. The standard InChI is InChI=1S/C23H44N5O5P/c1-2-32-34(31,33-15-11-9-7-5-3-4-6-8-10-14-29)16-12-13-25-17-19-18-26-21-20(19)27-23(24)28-22(21)30/h19,25-26,29H,2-18H2,1H3,(H3,24,27,28,30). The van der Waals surface area contributed by atoms with E-state index in [0.717, 1.165) is 32.1 Å². The van der Waals surface area contributed by atoms with Gasteiger partial charge in [0.25, 0.3) is 5.56 Å². The summed E-state index contributed by atoms with van der Waals surface area (Å²) in [6, 6.07) is 0. The topological polar surface area (TPSA) is 152 Å². The molecule has 1 aliphatic rings. The van der Waals surface area contributed by atoms with E-state index in [1.54, 1.807) is 0 Å². The molecule has 0 spiro atoms. The molecule has 11 heteroatoms. The molecule has 0 saturated carbocycles. The number of fused-ring (bicyclic) bond motifs is 1. The highest BCUT2D eigenvalue weighted by atomic mass is 31.2. The summed E-state index contributed by atoms with van der Waals surface area (Å²) in [4.78, 5) is 18.7. The third-order valence-electron chi connectivity index (χ3n) is 5.97. The fourth-order valence-corrected chi connectivity index (χ4v) is 5.84. The Kier molecular flexibility index (Phi) is 13.8. The number of aliphatic hydroxyl groups excluding tert-OH is 1. The number of unbranched alkanes of at least 4 members (excludes halogenated alkanes) is 8. The molecule has 196 valence electrons. The molecular weight excluding hydrogens is 457 g/mol. The molecule has 1 aliphatic heterocycles. The molecule has 1 aromatic heterocycles. The normalized spacial score (nSPS) is 16.8. The van der Waals surface area contributed by atoms with E-state index < -0.39 is 7.60 Å². The smallest absolute Gasteiger partial charge is 0.330 e. The fourth-order valence-electron chi connectivity index (χ4n) is 4.16. The van der Waals surface area contributed by atoms with Gasteiger partial charge in [-0.3, -0.25) is 14.3 Å². The Bertz CT molecular complexity index is 806. The van der Waals surface area contributed by atoms with E-state index in [1.807, 2.05) is 6.92 Å². The van der Waals surface area contributed by atoms with Gasteiger partial charge >= 0.3 is 7.60 Å². The Morgan fingerprint density at radius 1 is 1.09 bits per heavy atom. The summed E-state index contributed by atoms with van der Waals surface area (Å²) in [5.41, 5.74) is 6.61. The maximum atomic E-state index is 13.0. The summed E-state index contributed by atoms with van der Waals surface area (Å²) in [5.74, 6) is 0.191. The molecule has 0 fully saturated rings. The van der Waals surface area contributed by atoms with Crippen LogP contribution in [0, 0.1) is 0 Å². The van der Waals surface area contributed by atoms with Crippen molar-refractivity contribution in [2.24, 2.45) is 0 Å². The van der Waals surface area contributed by atoms with Crippen molar-refractivity contribution >= 4 is 19.2 Å². The Balaban J connectivity index is 1.57. The van der Waals surface area contributed by atoms with Gasteiger partial charge in [-0.05, 0) is 32.7 Å². The maximum absolute atomic E-state index is 13.0. The lowest BCUT2D eigenvalue weighted by molar-refractivity contribution is 0.207. The fraction of sp³-hybridized carbons (Fsp3) is 0.826. The number of nitrogen functional groups attached to an aromatic ring is 1. The van der Waals surface area contributed by atoms with Crippen LogP contribution in [0.3, 0.4) is 0 Å². The zero-order valence-electron chi connectivity index (χ0n) is 20.7. The van der Waals surface area contributed by atoms with Crippen LogP contribution < -0.4 is 21.9 Å². The summed E-state index contributed by atoms with van der Waals surface area (Å²) in [6.45, 7) is 4.92. The second kappa shape index (κ2) is 16.3. The third kappa shape index (κ3) is 10.4. The van der Waals surface area contributed by atoms with Crippen LogP contribution in [-0.2, 0) is 13.6 Å². The highest BCUT2D eigenvalue weighted by Crippen LogP contribution is 2.48. The van der Waals surface area contributed by atoms with E-state index in [2.05, 4.69) is 20.6 Å². The Labute approximate surface area is 203 Å². The van der Waals surface area contributed by atoms with E-state index in [-0.39, 0.29) is 17.4 Å². The van der Waals surface area contributed by atoms with E-state index >= 15 is 0 Å². The minimum atomic E-state index is -3.08. The quantitative estimate of drug-likeness (QED) is 0.133. The SMILES string of the molecule is CCOP(=O)(CCCNCC1CNc2c1nc(N)[nH]c2=O)OCCCCCCCCCCCO. The molecule has 0 saturated heterocycles. The number of aromatic nitrogens is 2. The Morgan fingerprint density at radius 2 is 1.76 bits per heavy atom. The average Bonchev–Trinajstić information content (AvgIpc) is 3.20. The molecule has 2 atom stereocenters. The molecule has 6 N–H and O–H groups in total. The lowest BCUT2D eigenvalue weighted by Crippen LogP contribution is -2.25. The highest BCUT2D eigenvalue weighted by Gasteiger charge is 2.27. The van der Waals surface area contributed by atoms with E-state index in [4.69, 9.17) is 19.9 Å². The second-order valence-corrected chi connectivity index (χ2v) is 11.0. The Morgan fingerprint density at radius 3 is 2.44 bits per heavy atom. The van der Waals surface area contributed by atoms with Crippen molar-refractivity contribution in [3.63, 3.8) is 0 Å². The molecule has 2 unspecified atom stereocenters.